The van der Waals surface area contributed by atoms with Crippen LogP contribution in [0.15, 0.2) is 78.9 Å². The molecular formula is C23H19ClN2O2. The smallest absolute Gasteiger partial charge is 0.352 e. The molecule has 0 saturated heterocycles. The minimum atomic E-state index is -0.996. The van der Waals surface area contributed by atoms with Gasteiger partial charge in [0.05, 0.1) is 6.04 Å². The van der Waals surface area contributed by atoms with E-state index in [2.05, 4.69) is 10.3 Å². The molecule has 1 unspecified atom stereocenters. The third-order valence-corrected chi connectivity index (χ3v) is 5.16. The summed E-state index contributed by atoms with van der Waals surface area (Å²) >= 11 is 6.50. The summed E-state index contributed by atoms with van der Waals surface area (Å²) in [6.45, 7) is 0.579. The Kier molecular flexibility index (Phi) is 5.15. The average molecular weight is 391 g/mol. The van der Waals surface area contributed by atoms with Gasteiger partial charge in [0.2, 0.25) is 0 Å². The minimum Gasteiger partial charge on any atom is -0.477 e. The van der Waals surface area contributed by atoms with Crippen molar-refractivity contribution < 1.29 is 9.90 Å². The Hall–Kier alpha value is -3.08. The number of aromatic amines is 1. The number of carboxylic acids is 1. The van der Waals surface area contributed by atoms with E-state index < -0.39 is 5.97 Å². The summed E-state index contributed by atoms with van der Waals surface area (Å²) in [4.78, 5) is 15.0. The number of fused-ring (bicyclic) bond motifs is 1. The molecule has 5 heteroatoms. The maximum atomic E-state index is 12.0. The summed E-state index contributed by atoms with van der Waals surface area (Å²) in [6.07, 6.45) is 0. The molecule has 0 fully saturated rings. The molecule has 140 valence electrons. The minimum absolute atomic E-state index is 0.173. The first-order valence-electron chi connectivity index (χ1n) is 9.01. The van der Waals surface area contributed by atoms with Crippen LogP contribution in [0.3, 0.4) is 0 Å². The van der Waals surface area contributed by atoms with E-state index in [4.69, 9.17) is 11.6 Å². The van der Waals surface area contributed by atoms with Crippen LogP contribution >= 0.6 is 11.6 Å². The molecule has 4 rings (SSSR count). The van der Waals surface area contributed by atoms with Crippen LogP contribution in [0.5, 0.6) is 0 Å². The fraction of sp³-hybridized carbons (Fsp3) is 0.0870. The molecule has 1 aromatic heterocycles. The quantitative estimate of drug-likeness (QED) is 0.413. The summed E-state index contributed by atoms with van der Waals surface area (Å²) in [7, 11) is 0. The Bertz CT molecular complexity index is 1120. The summed E-state index contributed by atoms with van der Waals surface area (Å²) < 4.78 is 0. The van der Waals surface area contributed by atoms with E-state index in [1.807, 2.05) is 78.9 Å². The third kappa shape index (κ3) is 3.52. The Morgan fingerprint density at radius 1 is 0.964 bits per heavy atom. The van der Waals surface area contributed by atoms with Crippen molar-refractivity contribution in [2.45, 2.75) is 12.6 Å². The molecule has 1 atom stereocenters. The first kappa shape index (κ1) is 18.3. The van der Waals surface area contributed by atoms with Gasteiger partial charge in [0.15, 0.2) is 0 Å². The van der Waals surface area contributed by atoms with Gasteiger partial charge < -0.3 is 15.4 Å². The van der Waals surface area contributed by atoms with Crippen molar-refractivity contribution in [3.8, 4) is 0 Å². The highest BCUT2D eigenvalue weighted by Gasteiger charge is 2.26. The number of hydrogen-bond donors (Lipinski definition) is 3. The molecule has 0 aliphatic heterocycles. The second kappa shape index (κ2) is 7.89. The molecule has 3 N–H and O–H groups in total. The number of carbonyl (C=O) groups is 1. The Morgan fingerprint density at radius 2 is 1.64 bits per heavy atom. The fourth-order valence-electron chi connectivity index (χ4n) is 3.52. The van der Waals surface area contributed by atoms with Crippen molar-refractivity contribution in [1.82, 2.24) is 10.3 Å². The topological polar surface area (TPSA) is 65.1 Å². The summed E-state index contributed by atoms with van der Waals surface area (Å²) in [6, 6.07) is 24.8. The Labute approximate surface area is 167 Å². The molecule has 3 aromatic carbocycles. The lowest BCUT2D eigenvalue weighted by Crippen LogP contribution is -2.24. The van der Waals surface area contributed by atoms with Crippen molar-refractivity contribution in [3.63, 3.8) is 0 Å². The van der Waals surface area contributed by atoms with Crippen molar-refractivity contribution in [1.29, 1.82) is 0 Å². The number of benzene rings is 3. The van der Waals surface area contributed by atoms with Gasteiger partial charge in [-0.25, -0.2) is 4.79 Å². The molecule has 0 aliphatic rings. The number of aromatic nitrogens is 1. The fourth-order valence-corrected chi connectivity index (χ4v) is 3.77. The van der Waals surface area contributed by atoms with Crippen LogP contribution in [0.25, 0.3) is 10.9 Å². The molecule has 28 heavy (non-hydrogen) atoms. The molecule has 0 aliphatic carbocycles. The number of halogens is 1. The second-order valence-electron chi connectivity index (χ2n) is 6.59. The van der Waals surface area contributed by atoms with Crippen molar-refractivity contribution in [2.24, 2.45) is 0 Å². The van der Waals surface area contributed by atoms with Gasteiger partial charge in [-0.3, -0.25) is 0 Å². The zero-order valence-corrected chi connectivity index (χ0v) is 15.8. The van der Waals surface area contributed by atoms with Gasteiger partial charge in [0.25, 0.3) is 0 Å². The van der Waals surface area contributed by atoms with Gasteiger partial charge in [-0.1, -0.05) is 78.3 Å². The first-order valence-corrected chi connectivity index (χ1v) is 9.38. The Balaban J connectivity index is 1.86. The van der Waals surface area contributed by atoms with E-state index >= 15 is 0 Å². The summed E-state index contributed by atoms with van der Waals surface area (Å²) in [5.74, 6) is -0.996. The van der Waals surface area contributed by atoms with E-state index in [0.717, 1.165) is 22.0 Å². The van der Waals surface area contributed by atoms with E-state index in [1.165, 1.54) is 0 Å². The van der Waals surface area contributed by atoms with Gasteiger partial charge >= 0.3 is 5.97 Å². The van der Waals surface area contributed by atoms with Crippen molar-refractivity contribution >= 4 is 28.5 Å². The molecular weight excluding hydrogens is 372 g/mol. The van der Waals surface area contributed by atoms with E-state index in [0.29, 0.717) is 17.1 Å². The first-order chi connectivity index (χ1) is 13.6. The van der Waals surface area contributed by atoms with Gasteiger partial charge in [0.1, 0.15) is 5.69 Å². The molecule has 0 saturated carbocycles. The lowest BCUT2D eigenvalue weighted by atomic mass is 9.95. The lowest BCUT2D eigenvalue weighted by Gasteiger charge is -2.21. The Morgan fingerprint density at radius 3 is 2.39 bits per heavy atom. The van der Waals surface area contributed by atoms with Crippen LogP contribution in [-0.4, -0.2) is 16.1 Å². The number of hydrogen-bond acceptors (Lipinski definition) is 2. The lowest BCUT2D eigenvalue weighted by molar-refractivity contribution is 0.0689. The number of nitrogens with one attached hydrogen (secondary N) is 2. The van der Waals surface area contributed by atoms with E-state index in [1.54, 1.807) is 0 Å². The largest absolute Gasteiger partial charge is 0.477 e. The zero-order chi connectivity index (χ0) is 19.5. The van der Waals surface area contributed by atoms with Crippen LogP contribution < -0.4 is 5.32 Å². The van der Waals surface area contributed by atoms with Crippen LogP contribution in [0.4, 0.5) is 0 Å². The van der Waals surface area contributed by atoms with Crippen LogP contribution in [0, 0.1) is 0 Å². The highest BCUT2D eigenvalue weighted by Crippen LogP contribution is 2.35. The number of H-pyrrole nitrogens is 1. The van der Waals surface area contributed by atoms with Gasteiger partial charge in [-0.2, -0.15) is 0 Å². The predicted octanol–water partition coefficient (Wildman–Crippen LogP) is 5.40. The predicted molar refractivity (Wildman–Crippen MR) is 112 cm³/mol. The maximum Gasteiger partial charge on any atom is 0.352 e. The molecule has 4 nitrogen and oxygen atoms in total. The zero-order valence-electron chi connectivity index (χ0n) is 15.0. The average Bonchev–Trinajstić information content (AvgIpc) is 3.10. The second-order valence-corrected chi connectivity index (χ2v) is 6.99. The van der Waals surface area contributed by atoms with Crippen LogP contribution in [0.1, 0.15) is 33.2 Å². The van der Waals surface area contributed by atoms with E-state index in [-0.39, 0.29) is 11.7 Å². The normalized spacial score (nSPS) is 12.2. The number of carboxylic acid groups (broad SMARTS) is 1. The maximum absolute atomic E-state index is 12.0. The SMILES string of the molecule is O=C(O)c1[nH]c2ccccc2c1C(NCc1ccccc1)c1ccccc1Cl. The van der Waals surface area contributed by atoms with E-state index in [9.17, 15) is 9.90 Å². The van der Waals surface area contributed by atoms with Gasteiger partial charge in [-0.05, 0) is 23.3 Å². The number of aromatic carboxylic acids is 1. The van der Waals surface area contributed by atoms with Crippen LogP contribution in [0.2, 0.25) is 5.02 Å². The molecule has 0 radical (unpaired) electrons. The van der Waals surface area contributed by atoms with Crippen molar-refractivity contribution in [3.05, 3.63) is 106 Å². The number of para-hydroxylation sites is 1. The highest BCUT2D eigenvalue weighted by molar-refractivity contribution is 6.31. The van der Waals surface area contributed by atoms with Crippen molar-refractivity contribution in [2.75, 3.05) is 0 Å². The van der Waals surface area contributed by atoms with Crippen LogP contribution in [-0.2, 0) is 6.54 Å². The molecule has 4 aromatic rings. The standard InChI is InChI=1S/C23H19ClN2O2/c24-18-12-6-4-10-16(18)21(25-14-15-8-2-1-3-9-15)20-17-11-5-7-13-19(17)26-22(20)23(27)28/h1-13,21,25-26H,14H2,(H,27,28). The monoisotopic (exact) mass is 390 g/mol. The highest BCUT2D eigenvalue weighted by atomic mass is 35.5. The molecule has 1 heterocycles. The molecule has 0 bridgehead atoms. The van der Waals surface area contributed by atoms with Gasteiger partial charge in [0, 0.05) is 28.0 Å². The number of rotatable bonds is 6. The molecule has 0 spiro atoms. The van der Waals surface area contributed by atoms with Gasteiger partial charge in [-0.15, -0.1) is 0 Å². The summed E-state index contributed by atoms with van der Waals surface area (Å²) in [5.41, 5.74) is 3.59. The third-order valence-electron chi connectivity index (χ3n) is 4.82. The summed E-state index contributed by atoms with van der Waals surface area (Å²) in [5, 5.41) is 14.8. The molecule has 0 amide bonds.